The van der Waals surface area contributed by atoms with E-state index in [-0.39, 0.29) is 21.7 Å². The van der Waals surface area contributed by atoms with Gasteiger partial charge in [-0.25, -0.2) is 17.6 Å². The minimum atomic E-state index is -1.31. The molecule has 5 heteroatoms. The van der Waals surface area contributed by atoms with Gasteiger partial charge in [0.25, 0.3) is 0 Å². The minimum absolute atomic E-state index is 0.0603. The van der Waals surface area contributed by atoms with Gasteiger partial charge >= 0.3 is 0 Å². The first-order chi connectivity index (χ1) is 16.4. The highest BCUT2D eigenvalue weighted by atomic mass is 127. The number of halogens is 5. The Kier molecular flexibility index (Phi) is 10.3. The lowest BCUT2D eigenvalue weighted by atomic mass is 9.66. The van der Waals surface area contributed by atoms with Crippen LogP contribution in [0.3, 0.4) is 0 Å². The highest BCUT2D eigenvalue weighted by Crippen LogP contribution is 2.47. The zero-order chi connectivity index (χ0) is 24.2. The fourth-order valence-corrected chi connectivity index (χ4v) is 9.05. The fraction of sp³-hybridized carbons (Fsp3) is 1.00. The van der Waals surface area contributed by atoms with Crippen molar-refractivity contribution in [3.05, 3.63) is 0 Å². The molecule has 0 N–H and O–H groups in total. The van der Waals surface area contributed by atoms with Crippen molar-refractivity contribution >= 4 is 22.6 Å². The van der Waals surface area contributed by atoms with Crippen LogP contribution in [-0.2, 0) is 0 Å². The normalized spacial score (nSPS) is 48.5. The Hall–Kier alpha value is 0.450. The molecule has 0 aliphatic heterocycles. The first-order valence-electron chi connectivity index (χ1n) is 14.6. The molecule has 8 unspecified atom stereocenters. The predicted octanol–water partition coefficient (Wildman–Crippen LogP) is 9.77. The molecule has 8 atom stereocenters. The van der Waals surface area contributed by atoms with Gasteiger partial charge in [-0.2, -0.15) is 0 Å². The fourth-order valence-electron chi connectivity index (χ4n) is 8.29. The van der Waals surface area contributed by atoms with Gasteiger partial charge in [-0.15, -0.1) is 0 Å². The molecule has 34 heavy (non-hydrogen) atoms. The largest absolute Gasteiger partial charge is 0.244 e. The van der Waals surface area contributed by atoms with Crippen LogP contribution in [0.4, 0.5) is 17.6 Å². The molecule has 4 aliphatic carbocycles. The van der Waals surface area contributed by atoms with Crippen molar-refractivity contribution in [3.8, 4) is 0 Å². The molecule has 0 aromatic rings. The number of hydrogen-bond donors (Lipinski definition) is 0. The van der Waals surface area contributed by atoms with Crippen molar-refractivity contribution in [2.24, 2.45) is 41.4 Å². The number of rotatable bonds is 7. The average molecular weight is 599 g/mol. The molecular weight excluding hydrogens is 551 g/mol. The molecule has 0 aromatic carbocycles. The highest BCUT2D eigenvalue weighted by Gasteiger charge is 2.45. The lowest BCUT2D eigenvalue weighted by Gasteiger charge is -2.42. The predicted molar refractivity (Wildman–Crippen MR) is 141 cm³/mol. The topological polar surface area (TPSA) is 0 Å². The van der Waals surface area contributed by atoms with Crippen LogP contribution in [0, 0.1) is 41.4 Å². The van der Waals surface area contributed by atoms with Gasteiger partial charge < -0.3 is 0 Å². The van der Waals surface area contributed by atoms with E-state index in [1.165, 1.54) is 25.7 Å². The van der Waals surface area contributed by atoms with E-state index in [9.17, 15) is 8.78 Å². The van der Waals surface area contributed by atoms with Crippen molar-refractivity contribution in [2.45, 2.75) is 138 Å². The smallest absolute Gasteiger partial charge is 0.143 e. The summed E-state index contributed by atoms with van der Waals surface area (Å²) in [7, 11) is 0. The first-order valence-corrected chi connectivity index (χ1v) is 15.8. The van der Waals surface area contributed by atoms with Gasteiger partial charge in [-0.1, -0.05) is 74.5 Å². The highest BCUT2D eigenvalue weighted by molar-refractivity contribution is 14.1. The van der Waals surface area contributed by atoms with Crippen LogP contribution >= 0.6 is 22.6 Å². The Morgan fingerprint density at radius 1 is 0.529 bits per heavy atom. The second-order valence-electron chi connectivity index (χ2n) is 12.5. The Morgan fingerprint density at radius 2 is 1.03 bits per heavy atom. The quantitative estimate of drug-likeness (QED) is 0.156. The van der Waals surface area contributed by atoms with E-state index in [2.05, 4.69) is 29.5 Å². The van der Waals surface area contributed by atoms with Crippen LogP contribution < -0.4 is 0 Å². The summed E-state index contributed by atoms with van der Waals surface area (Å²) in [6, 6.07) is 0. The van der Waals surface area contributed by atoms with Gasteiger partial charge in [0.05, 0.1) is 0 Å². The van der Waals surface area contributed by atoms with Crippen LogP contribution in [0.15, 0.2) is 0 Å². The molecule has 0 spiro atoms. The third kappa shape index (κ3) is 6.47. The molecule has 0 saturated heterocycles. The molecular formula is C29H47F4I. The summed E-state index contributed by atoms with van der Waals surface area (Å²) in [5, 5.41) is 0. The summed E-state index contributed by atoms with van der Waals surface area (Å²) in [6.45, 7) is 2.24. The standard InChI is InChI=1S/C29H47F4I/c1-2-3-18-4-9-20(10-5-18)23-15-14-22(26(30)27(23)31)13-8-19-6-11-21(12-7-19)24-16-17-25(34)29(33)28(24)32/h18-29H,2-17H2,1H3. The molecule has 0 bridgehead atoms. The minimum Gasteiger partial charge on any atom is -0.244 e. The Bertz CT molecular complexity index is 601. The van der Waals surface area contributed by atoms with E-state index in [0.717, 1.165) is 83.0 Å². The average Bonchev–Trinajstić information content (AvgIpc) is 2.85. The molecule has 4 saturated carbocycles. The lowest BCUT2D eigenvalue weighted by molar-refractivity contribution is -0.0167. The third-order valence-corrected chi connectivity index (χ3v) is 11.8. The summed E-state index contributed by atoms with van der Waals surface area (Å²) in [6.07, 6.45) is 11.1. The van der Waals surface area contributed by atoms with Crippen LogP contribution in [0.25, 0.3) is 0 Å². The third-order valence-electron chi connectivity index (χ3n) is 10.5. The van der Waals surface area contributed by atoms with Crippen LogP contribution in [-0.4, -0.2) is 28.6 Å². The van der Waals surface area contributed by atoms with E-state index in [0.29, 0.717) is 17.8 Å². The molecule has 4 aliphatic rings. The van der Waals surface area contributed by atoms with E-state index in [4.69, 9.17) is 0 Å². The molecule has 0 nitrogen and oxygen atoms in total. The van der Waals surface area contributed by atoms with Crippen molar-refractivity contribution in [1.82, 2.24) is 0 Å². The van der Waals surface area contributed by atoms with Crippen LogP contribution in [0.5, 0.6) is 0 Å². The van der Waals surface area contributed by atoms with Gasteiger partial charge in [-0.3, -0.25) is 0 Å². The monoisotopic (exact) mass is 598 g/mol. The van der Waals surface area contributed by atoms with Gasteiger partial charge in [-0.05, 0) is 99.2 Å². The molecule has 4 rings (SSSR count). The van der Waals surface area contributed by atoms with Crippen molar-refractivity contribution in [2.75, 3.05) is 0 Å². The summed E-state index contributed by atoms with van der Waals surface area (Å²) in [5.41, 5.74) is 0. The van der Waals surface area contributed by atoms with E-state index in [1.54, 1.807) is 0 Å². The number of alkyl halides is 5. The zero-order valence-electron chi connectivity index (χ0n) is 21.1. The number of hydrogen-bond acceptors (Lipinski definition) is 0. The SMILES string of the molecule is CCCC1CCC(C2CCC(CCC3CCC(C4CCC(I)C(F)C4F)CC3)C(F)C2F)CC1. The van der Waals surface area contributed by atoms with Crippen LogP contribution in [0.1, 0.15) is 110 Å². The summed E-state index contributed by atoms with van der Waals surface area (Å²) >= 11 is 2.06. The van der Waals surface area contributed by atoms with Crippen molar-refractivity contribution in [1.29, 1.82) is 0 Å². The molecule has 0 aromatic heterocycles. The molecule has 0 radical (unpaired) electrons. The summed E-state index contributed by atoms with van der Waals surface area (Å²) in [4.78, 5) is 0. The Balaban J connectivity index is 1.18. The summed E-state index contributed by atoms with van der Waals surface area (Å²) < 4.78 is 59.0. The van der Waals surface area contributed by atoms with Crippen LogP contribution in [0.2, 0.25) is 0 Å². The molecule has 0 amide bonds. The van der Waals surface area contributed by atoms with Gasteiger partial charge in [0, 0.05) is 3.92 Å². The lowest BCUT2D eigenvalue weighted by Crippen LogP contribution is -2.43. The molecule has 198 valence electrons. The molecule has 0 heterocycles. The van der Waals surface area contributed by atoms with E-state index in [1.807, 2.05) is 0 Å². The molecule has 4 fully saturated rings. The van der Waals surface area contributed by atoms with Crippen molar-refractivity contribution < 1.29 is 17.6 Å². The van der Waals surface area contributed by atoms with E-state index < -0.39 is 24.7 Å². The second-order valence-corrected chi connectivity index (χ2v) is 14.1. The first kappa shape index (κ1) is 27.5. The Labute approximate surface area is 219 Å². The van der Waals surface area contributed by atoms with Gasteiger partial charge in [0.2, 0.25) is 0 Å². The van der Waals surface area contributed by atoms with Gasteiger partial charge in [0.15, 0.2) is 0 Å². The van der Waals surface area contributed by atoms with Crippen molar-refractivity contribution in [3.63, 3.8) is 0 Å². The van der Waals surface area contributed by atoms with E-state index >= 15 is 8.78 Å². The maximum absolute atomic E-state index is 15.2. The summed E-state index contributed by atoms with van der Waals surface area (Å²) in [5.74, 6) is 1.76. The zero-order valence-corrected chi connectivity index (χ0v) is 23.3. The maximum atomic E-state index is 15.2. The van der Waals surface area contributed by atoms with Gasteiger partial charge in [0.1, 0.15) is 24.7 Å². The Morgan fingerprint density at radius 3 is 1.59 bits per heavy atom. The second kappa shape index (κ2) is 12.8. The maximum Gasteiger partial charge on any atom is 0.143 e.